The summed E-state index contributed by atoms with van der Waals surface area (Å²) in [5.74, 6) is 0.0281. The fourth-order valence-corrected chi connectivity index (χ4v) is 4.06. The minimum Gasteiger partial charge on any atom is -0.507 e. The summed E-state index contributed by atoms with van der Waals surface area (Å²) in [5.41, 5.74) is 6.54. The van der Waals surface area contributed by atoms with E-state index in [1.807, 2.05) is 0 Å². The summed E-state index contributed by atoms with van der Waals surface area (Å²) in [6.45, 7) is -1.85. The van der Waals surface area contributed by atoms with Crippen molar-refractivity contribution < 1.29 is 37.0 Å². The molecule has 1 atom stereocenters. The van der Waals surface area contributed by atoms with E-state index in [0.29, 0.717) is 21.1 Å². The molecule has 3 rings (SSSR count). The van der Waals surface area contributed by atoms with Crippen molar-refractivity contribution in [1.29, 1.82) is 0 Å². The van der Waals surface area contributed by atoms with Gasteiger partial charge in [0.1, 0.15) is 22.6 Å². The number of nitrogen functional groups attached to an aromatic ring is 1. The van der Waals surface area contributed by atoms with Crippen molar-refractivity contribution in [3.63, 3.8) is 0 Å². The number of phenolic OH excluding ortho intramolecular Hbond substituents is 1. The smallest absolute Gasteiger partial charge is 0.412 e. The second-order valence-corrected chi connectivity index (χ2v) is 8.95. The third-order valence-electron chi connectivity index (χ3n) is 3.68. The molecule has 0 spiro atoms. The molecule has 0 amide bonds. The molecule has 0 saturated carbocycles. The van der Waals surface area contributed by atoms with E-state index in [0.717, 1.165) is 11.8 Å². The third kappa shape index (κ3) is 6.55. The SMILES string of the molecule is Nc1nc(Sc2ccccc2O)c2ncn(CCOCP(=O)(O)OCC(F)(F)F)c2n1. The monoisotopic (exact) mass is 479 g/mol. The number of anilines is 1. The number of alkyl halides is 3. The Kier molecular flexibility index (Phi) is 7.06. The lowest BCUT2D eigenvalue weighted by Gasteiger charge is -2.14. The van der Waals surface area contributed by atoms with Crippen LogP contribution in [0.2, 0.25) is 0 Å². The second kappa shape index (κ2) is 9.40. The van der Waals surface area contributed by atoms with Gasteiger partial charge in [-0.15, -0.1) is 0 Å². The summed E-state index contributed by atoms with van der Waals surface area (Å²) < 4.78 is 58.3. The highest BCUT2D eigenvalue weighted by Gasteiger charge is 2.32. The van der Waals surface area contributed by atoms with Crippen LogP contribution in [-0.2, 0) is 20.4 Å². The van der Waals surface area contributed by atoms with Gasteiger partial charge < -0.3 is 25.0 Å². The van der Waals surface area contributed by atoms with Crippen LogP contribution in [0, 0.1) is 0 Å². The van der Waals surface area contributed by atoms with E-state index < -0.39 is 26.7 Å². The Labute approximate surface area is 177 Å². The Balaban J connectivity index is 1.65. The number of phenols is 1. The van der Waals surface area contributed by atoms with E-state index in [4.69, 9.17) is 10.5 Å². The normalized spacial score (nSPS) is 14.1. The van der Waals surface area contributed by atoms with Crippen LogP contribution < -0.4 is 5.73 Å². The van der Waals surface area contributed by atoms with Crippen molar-refractivity contribution in [2.45, 2.75) is 22.6 Å². The molecule has 0 bridgehead atoms. The number of fused-ring (bicyclic) bond motifs is 1. The maximum Gasteiger partial charge on any atom is 0.412 e. The molecule has 2 aromatic heterocycles. The number of ether oxygens (including phenoxy) is 1. The first-order chi connectivity index (χ1) is 14.5. The molecule has 4 N–H and O–H groups in total. The van der Waals surface area contributed by atoms with E-state index in [1.165, 1.54) is 12.4 Å². The highest BCUT2D eigenvalue weighted by atomic mass is 32.2. The zero-order valence-corrected chi connectivity index (χ0v) is 17.4. The molecule has 0 saturated heterocycles. The number of hydrogen-bond acceptors (Lipinski definition) is 9. The van der Waals surface area contributed by atoms with Crippen molar-refractivity contribution >= 4 is 36.5 Å². The van der Waals surface area contributed by atoms with Gasteiger partial charge in [-0.25, -0.2) is 9.97 Å². The summed E-state index contributed by atoms with van der Waals surface area (Å²) >= 11 is 1.14. The number of para-hydroxylation sites is 1. The number of benzene rings is 1. The maximum atomic E-state index is 12.1. The predicted molar refractivity (Wildman–Crippen MR) is 105 cm³/mol. The fourth-order valence-electron chi connectivity index (χ4n) is 2.37. The zero-order chi connectivity index (χ0) is 22.6. The maximum absolute atomic E-state index is 12.1. The lowest BCUT2D eigenvalue weighted by molar-refractivity contribution is -0.155. The van der Waals surface area contributed by atoms with Gasteiger partial charge >= 0.3 is 13.8 Å². The van der Waals surface area contributed by atoms with Crippen LogP contribution in [0.3, 0.4) is 0 Å². The van der Waals surface area contributed by atoms with Crippen LogP contribution >= 0.6 is 19.4 Å². The zero-order valence-electron chi connectivity index (χ0n) is 15.7. The molecule has 0 aliphatic carbocycles. The van der Waals surface area contributed by atoms with Crippen molar-refractivity contribution in [2.24, 2.45) is 0 Å². The average molecular weight is 479 g/mol. The van der Waals surface area contributed by atoms with Crippen molar-refractivity contribution in [3.8, 4) is 5.75 Å². The van der Waals surface area contributed by atoms with Crippen LogP contribution in [0.5, 0.6) is 5.75 Å². The Morgan fingerprint density at radius 1 is 1.26 bits per heavy atom. The summed E-state index contributed by atoms with van der Waals surface area (Å²) in [7, 11) is -4.54. The van der Waals surface area contributed by atoms with E-state index in [1.54, 1.807) is 22.8 Å². The van der Waals surface area contributed by atoms with Crippen LogP contribution in [-0.4, -0.2) is 55.3 Å². The van der Waals surface area contributed by atoms with Crippen LogP contribution in [0.4, 0.5) is 19.1 Å². The first-order valence-corrected chi connectivity index (χ1v) is 11.2. The summed E-state index contributed by atoms with van der Waals surface area (Å²) in [6.07, 6.45) is -4.20. The van der Waals surface area contributed by atoms with E-state index >= 15 is 0 Å². The van der Waals surface area contributed by atoms with Crippen LogP contribution in [0.25, 0.3) is 11.2 Å². The fraction of sp³-hybridized carbons (Fsp3) is 0.312. The molecule has 3 aromatic rings. The molecule has 31 heavy (non-hydrogen) atoms. The number of rotatable bonds is 9. The molecule has 2 heterocycles. The summed E-state index contributed by atoms with van der Waals surface area (Å²) in [4.78, 5) is 22.4. The molecule has 0 aliphatic rings. The number of aromatic hydroxyl groups is 1. The van der Waals surface area contributed by atoms with Gasteiger partial charge in [0.2, 0.25) is 5.95 Å². The number of aromatic nitrogens is 4. The minimum absolute atomic E-state index is 0.0338. The first-order valence-electron chi connectivity index (χ1n) is 8.59. The molecular weight excluding hydrogens is 462 g/mol. The molecule has 0 fully saturated rings. The van der Waals surface area contributed by atoms with Gasteiger partial charge in [0.15, 0.2) is 12.3 Å². The highest BCUT2D eigenvalue weighted by molar-refractivity contribution is 7.99. The standard InChI is InChI=1S/C16H17F3N5O5PS/c17-16(18,19)7-29-30(26,27)9-28-6-5-24-8-21-12-13(24)22-15(20)23-14(12)31-11-4-2-1-3-10(11)25/h1-4,8,25H,5-7,9H2,(H,26,27)(H2,20,22,23). The van der Waals surface area contributed by atoms with Gasteiger partial charge in [0, 0.05) is 6.54 Å². The molecule has 0 aliphatic heterocycles. The predicted octanol–water partition coefficient (Wildman–Crippen LogP) is 3.00. The van der Waals surface area contributed by atoms with Crippen molar-refractivity contribution in [3.05, 3.63) is 30.6 Å². The number of nitrogens with zero attached hydrogens (tertiary/aromatic N) is 4. The molecule has 168 valence electrons. The van der Waals surface area contributed by atoms with Gasteiger partial charge in [0.25, 0.3) is 0 Å². The lowest BCUT2D eigenvalue weighted by atomic mass is 10.3. The van der Waals surface area contributed by atoms with Crippen molar-refractivity contribution in [2.75, 3.05) is 25.3 Å². The Morgan fingerprint density at radius 3 is 2.71 bits per heavy atom. The van der Waals surface area contributed by atoms with E-state index in [9.17, 15) is 27.7 Å². The van der Waals surface area contributed by atoms with Gasteiger partial charge in [0.05, 0.1) is 17.8 Å². The third-order valence-corrected chi connectivity index (χ3v) is 5.77. The molecular formula is C16H17F3N5O5PS. The van der Waals surface area contributed by atoms with Crippen molar-refractivity contribution in [1.82, 2.24) is 19.5 Å². The number of nitrogens with two attached hydrogens (primary N) is 1. The molecule has 10 nitrogen and oxygen atoms in total. The van der Waals surface area contributed by atoms with Gasteiger partial charge in [-0.2, -0.15) is 18.2 Å². The Hall–Kier alpha value is -2.38. The number of imidazole rings is 1. The lowest BCUT2D eigenvalue weighted by Crippen LogP contribution is -2.17. The second-order valence-electron chi connectivity index (χ2n) is 6.13. The Morgan fingerprint density at radius 2 is 2.00 bits per heavy atom. The van der Waals surface area contributed by atoms with Gasteiger partial charge in [-0.1, -0.05) is 23.9 Å². The minimum atomic E-state index is -4.72. The largest absolute Gasteiger partial charge is 0.507 e. The van der Waals surface area contributed by atoms with E-state index in [2.05, 4.69) is 19.5 Å². The van der Waals surface area contributed by atoms with Crippen LogP contribution in [0.1, 0.15) is 0 Å². The highest BCUT2D eigenvalue weighted by Crippen LogP contribution is 2.43. The van der Waals surface area contributed by atoms with Crippen LogP contribution in [0.15, 0.2) is 40.5 Å². The quantitative estimate of drug-likeness (QED) is 0.238. The summed E-state index contributed by atoms with van der Waals surface area (Å²) in [6, 6.07) is 6.65. The number of halogens is 3. The summed E-state index contributed by atoms with van der Waals surface area (Å²) in [5, 5.41) is 10.4. The number of hydrogen-bond donors (Lipinski definition) is 3. The first kappa shape index (κ1) is 23.3. The van der Waals surface area contributed by atoms with E-state index in [-0.39, 0.29) is 24.8 Å². The van der Waals surface area contributed by atoms with Gasteiger partial charge in [-0.05, 0) is 12.1 Å². The topological polar surface area (TPSA) is 146 Å². The molecule has 15 heteroatoms. The molecule has 1 aromatic carbocycles. The Bertz CT molecular complexity index is 1110. The molecule has 0 radical (unpaired) electrons. The molecule has 1 unspecified atom stereocenters. The van der Waals surface area contributed by atoms with Gasteiger partial charge in [-0.3, -0.25) is 9.09 Å². The average Bonchev–Trinajstić information content (AvgIpc) is 3.08.